The van der Waals surface area contributed by atoms with E-state index >= 15 is 0 Å². The van der Waals surface area contributed by atoms with Crippen LogP contribution in [0.3, 0.4) is 0 Å². The fourth-order valence-corrected chi connectivity index (χ4v) is 2.70. The predicted molar refractivity (Wildman–Crippen MR) is 93.5 cm³/mol. The van der Waals surface area contributed by atoms with Crippen molar-refractivity contribution in [1.82, 2.24) is 0 Å². The van der Waals surface area contributed by atoms with E-state index in [1.165, 1.54) is 83.5 Å². The molecular formula is C19H38O3. The van der Waals surface area contributed by atoms with Crippen molar-refractivity contribution >= 4 is 0 Å². The van der Waals surface area contributed by atoms with Crippen molar-refractivity contribution in [2.45, 2.75) is 109 Å². The van der Waals surface area contributed by atoms with Crippen LogP contribution in [0.1, 0.15) is 103 Å². The lowest BCUT2D eigenvalue weighted by atomic mass is 10.0. The van der Waals surface area contributed by atoms with Crippen LogP contribution >= 0.6 is 0 Å². The molecule has 0 aliphatic rings. The van der Waals surface area contributed by atoms with Gasteiger partial charge in [0.15, 0.2) is 0 Å². The Kier molecular flexibility index (Phi) is 15.2. The van der Waals surface area contributed by atoms with E-state index in [0.717, 1.165) is 18.9 Å². The van der Waals surface area contributed by atoms with Crippen LogP contribution in [-0.4, -0.2) is 21.3 Å². The summed E-state index contributed by atoms with van der Waals surface area (Å²) in [6.07, 6.45) is 22.2. The third-order valence-electron chi connectivity index (χ3n) is 4.07. The van der Waals surface area contributed by atoms with Crippen molar-refractivity contribution in [3.05, 3.63) is 12.2 Å². The number of allylic oxidation sites excluding steroid dienone is 1. The average molecular weight is 315 g/mol. The molecule has 0 aromatic carbocycles. The summed E-state index contributed by atoms with van der Waals surface area (Å²) in [6.45, 7) is 2.26. The van der Waals surface area contributed by atoms with Crippen LogP contribution in [0.25, 0.3) is 0 Å². The van der Waals surface area contributed by atoms with Crippen LogP contribution in [0.2, 0.25) is 0 Å². The van der Waals surface area contributed by atoms with Gasteiger partial charge in [0, 0.05) is 0 Å². The van der Waals surface area contributed by atoms with Crippen LogP contribution in [-0.2, 0) is 0 Å². The first-order valence-corrected chi connectivity index (χ1v) is 9.41. The molecule has 0 atom stereocenters. The quantitative estimate of drug-likeness (QED) is 0.212. The van der Waals surface area contributed by atoms with Crippen LogP contribution in [0.15, 0.2) is 12.2 Å². The maximum absolute atomic E-state index is 8.66. The molecule has 132 valence electrons. The van der Waals surface area contributed by atoms with Crippen LogP contribution in [0.4, 0.5) is 0 Å². The lowest BCUT2D eigenvalue weighted by Gasteiger charge is -2.06. The maximum Gasteiger partial charge on any atom is 0.297 e. The molecule has 0 aliphatic carbocycles. The van der Waals surface area contributed by atoms with Gasteiger partial charge in [-0.05, 0) is 18.9 Å². The summed E-state index contributed by atoms with van der Waals surface area (Å²) in [6, 6.07) is 0. The van der Waals surface area contributed by atoms with E-state index in [0.29, 0.717) is 0 Å². The van der Waals surface area contributed by atoms with E-state index in [2.05, 4.69) is 6.92 Å². The number of unbranched alkanes of at least 4 members (excludes halogenated alkanes) is 14. The zero-order valence-electron chi connectivity index (χ0n) is 14.6. The Morgan fingerprint density at radius 3 is 1.32 bits per heavy atom. The van der Waals surface area contributed by atoms with Gasteiger partial charge < -0.3 is 15.3 Å². The van der Waals surface area contributed by atoms with E-state index in [-0.39, 0.29) is 0 Å². The average Bonchev–Trinajstić information content (AvgIpc) is 2.45. The molecule has 0 rings (SSSR count). The molecule has 0 aromatic heterocycles. The standard InChI is InChI=1S/C19H38O3/c1-2-3-4-5-6-7-8-9-10-11-12-13-14-15-16-17-18-19(20,21)22/h17-18,20-22H,2-16H2,1H3. The molecule has 0 unspecified atom stereocenters. The summed E-state index contributed by atoms with van der Waals surface area (Å²) in [4.78, 5) is 0. The summed E-state index contributed by atoms with van der Waals surface area (Å²) in [5.41, 5.74) is 0. The van der Waals surface area contributed by atoms with Crippen LogP contribution in [0.5, 0.6) is 0 Å². The topological polar surface area (TPSA) is 60.7 Å². The molecule has 0 fully saturated rings. The Morgan fingerprint density at radius 2 is 0.955 bits per heavy atom. The Bertz CT molecular complexity index is 244. The second-order valence-corrected chi connectivity index (χ2v) is 6.47. The van der Waals surface area contributed by atoms with E-state index in [1.807, 2.05) is 0 Å². The van der Waals surface area contributed by atoms with Crippen molar-refractivity contribution < 1.29 is 15.3 Å². The minimum Gasteiger partial charge on any atom is -0.340 e. The van der Waals surface area contributed by atoms with E-state index in [1.54, 1.807) is 6.08 Å². The van der Waals surface area contributed by atoms with Crippen molar-refractivity contribution in [2.75, 3.05) is 0 Å². The maximum atomic E-state index is 8.66. The Morgan fingerprint density at radius 1 is 0.591 bits per heavy atom. The Hall–Kier alpha value is -0.380. The second kappa shape index (κ2) is 15.5. The number of hydrogen-bond acceptors (Lipinski definition) is 3. The smallest absolute Gasteiger partial charge is 0.297 e. The Labute approximate surface area is 137 Å². The van der Waals surface area contributed by atoms with Gasteiger partial charge in [-0.1, -0.05) is 96.5 Å². The molecule has 22 heavy (non-hydrogen) atoms. The van der Waals surface area contributed by atoms with Crippen molar-refractivity contribution in [3.63, 3.8) is 0 Å². The molecule has 0 radical (unpaired) electrons. The molecule has 0 aromatic rings. The molecule has 0 aliphatic heterocycles. The lowest BCUT2D eigenvalue weighted by molar-refractivity contribution is -0.273. The highest BCUT2D eigenvalue weighted by Gasteiger charge is 2.10. The number of hydrogen-bond donors (Lipinski definition) is 3. The van der Waals surface area contributed by atoms with Gasteiger partial charge in [-0.3, -0.25) is 0 Å². The lowest BCUT2D eigenvalue weighted by Crippen LogP contribution is -2.23. The minimum absolute atomic E-state index is 0.793. The van der Waals surface area contributed by atoms with Crippen LogP contribution in [0, 0.1) is 0 Å². The molecular weight excluding hydrogens is 276 g/mol. The number of rotatable bonds is 16. The summed E-state index contributed by atoms with van der Waals surface area (Å²) < 4.78 is 0. The van der Waals surface area contributed by atoms with Gasteiger partial charge in [0.05, 0.1) is 0 Å². The highest BCUT2D eigenvalue weighted by Crippen LogP contribution is 2.13. The van der Waals surface area contributed by atoms with Gasteiger partial charge >= 0.3 is 0 Å². The van der Waals surface area contributed by atoms with Crippen molar-refractivity contribution in [1.29, 1.82) is 0 Å². The summed E-state index contributed by atoms with van der Waals surface area (Å²) in [5.74, 6) is -2.64. The summed E-state index contributed by atoms with van der Waals surface area (Å²) in [7, 11) is 0. The Balaban J connectivity index is 3.07. The van der Waals surface area contributed by atoms with Gasteiger partial charge in [-0.2, -0.15) is 0 Å². The van der Waals surface area contributed by atoms with Crippen molar-refractivity contribution in [3.8, 4) is 0 Å². The molecule has 0 heterocycles. The molecule has 3 nitrogen and oxygen atoms in total. The highest BCUT2D eigenvalue weighted by molar-refractivity contribution is 4.87. The molecule has 0 saturated carbocycles. The van der Waals surface area contributed by atoms with Gasteiger partial charge in [0.1, 0.15) is 0 Å². The fourth-order valence-electron chi connectivity index (χ4n) is 2.70. The molecule has 0 spiro atoms. The second-order valence-electron chi connectivity index (χ2n) is 6.47. The monoisotopic (exact) mass is 314 g/mol. The minimum atomic E-state index is -2.64. The SMILES string of the molecule is CCCCCCCCCCCCCCCCC=CC(O)(O)O. The first kappa shape index (κ1) is 21.6. The van der Waals surface area contributed by atoms with E-state index in [4.69, 9.17) is 15.3 Å². The zero-order chi connectivity index (χ0) is 16.5. The fraction of sp³-hybridized carbons (Fsp3) is 0.895. The van der Waals surface area contributed by atoms with Gasteiger partial charge in [0.25, 0.3) is 5.97 Å². The predicted octanol–water partition coefficient (Wildman–Crippen LogP) is 5.04. The number of aliphatic hydroxyl groups is 3. The van der Waals surface area contributed by atoms with E-state index < -0.39 is 5.97 Å². The first-order valence-electron chi connectivity index (χ1n) is 9.41. The van der Waals surface area contributed by atoms with Crippen molar-refractivity contribution in [2.24, 2.45) is 0 Å². The van der Waals surface area contributed by atoms with E-state index in [9.17, 15) is 0 Å². The van der Waals surface area contributed by atoms with Gasteiger partial charge in [-0.25, -0.2) is 0 Å². The molecule has 3 heteroatoms. The summed E-state index contributed by atoms with van der Waals surface area (Å²) >= 11 is 0. The van der Waals surface area contributed by atoms with Gasteiger partial charge in [0.2, 0.25) is 0 Å². The molecule has 0 amide bonds. The third-order valence-corrected chi connectivity index (χ3v) is 4.07. The zero-order valence-corrected chi connectivity index (χ0v) is 14.6. The third kappa shape index (κ3) is 19.6. The molecule has 0 saturated heterocycles. The largest absolute Gasteiger partial charge is 0.340 e. The normalized spacial score (nSPS) is 12.4. The molecule has 3 N–H and O–H groups in total. The highest BCUT2D eigenvalue weighted by atomic mass is 16.7. The van der Waals surface area contributed by atoms with Gasteiger partial charge in [-0.15, -0.1) is 0 Å². The van der Waals surface area contributed by atoms with Crippen LogP contribution < -0.4 is 0 Å². The molecule has 0 bridgehead atoms. The first-order chi connectivity index (χ1) is 10.6. The summed E-state index contributed by atoms with van der Waals surface area (Å²) in [5, 5.41) is 26.0.